The van der Waals surface area contributed by atoms with E-state index >= 15 is 0 Å². The molecule has 2 aromatic heterocycles. The summed E-state index contributed by atoms with van der Waals surface area (Å²) in [7, 11) is 1.66. The Balaban J connectivity index is 1.84. The topological polar surface area (TPSA) is 85.2 Å². The lowest BCUT2D eigenvalue weighted by Gasteiger charge is -2.20. The molecule has 0 fully saturated rings. The Morgan fingerprint density at radius 2 is 2.04 bits per heavy atom. The van der Waals surface area contributed by atoms with Gasteiger partial charge in [0.2, 0.25) is 5.95 Å². The van der Waals surface area contributed by atoms with Crippen LogP contribution in [0.25, 0.3) is 11.5 Å². The number of amides is 1. The van der Waals surface area contributed by atoms with Crippen LogP contribution in [0.15, 0.2) is 47.1 Å². The van der Waals surface area contributed by atoms with Crippen LogP contribution in [-0.4, -0.2) is 27.8 Å². The molecule has 1 amide bonds. The highest BCUT2D eigenvalue weighted by Gasteiger charge is 2.39. The molecule has 6 nitrogen and oxygen atoms in total. The molecular formula is C18H15FN4O2. The van der Waals surface area contributed by atoms with Gasteiger partial charge in [0.1, 0.15) is 11.5 Å². The summed E-state index contributed by atoms with van der Waals surface area (Å²) in [6.45, 7) is 0. The van der Waals surface area contributed by atoms with Gasteiger partial charge in [0.15, 0.2) is 5.76 Å². The molecule has 4 rings (SSSR count). The second-order valence-electron chi connectivity index (χ2n) is 5.90. The summed E-state index contributed by atoms with van der Waals surface area (Å²) in [5.41, 5.74) is 7.57. The summed E-state index contributed by atoms with van der Waals surface area (Å²) >= 11 is 0. The van der Waals surface area contributed by atoms with Crippen LogP contribution in [0.3, 0.4) is 0 Å². The number of hydrogen-bond donors (Lipinski definition) is 1. The monoisotopic (exact) mass is 338 g/mol. The fourth-order valence-electron chi connectivity index (χ4n) is 3.15. The summed E-state index contributed by atoms with van der Waals surface area (Å²) < 4.78 is 19.4. The summed E-state index contributed by atoms with van der Waals surface area (Å²) in [5.74, 6) is -0.0572. The van der Waals surface area contributed by atoms with Crippen LogP contribution >= 0.6 is 0 Å². The normalized spacial score (nSPS) is 16.3. The third kappa shape index (κ3) is 2.44. The number of rotatable bonds is 3. The number of anilines is 1. The number of carbonyl (C=O) groups is 1. The van der Waals surface area contributed by atoms with Gasteiger partial charge in [0, 0.05) is 13.5 Å². The molecule has 0 spiro atoms. The molecule has 25 heavy (non-hydrogen) atoms. The van der Waals surface area contributed by atoms with Gasteiger partial charge in [-0.2, -0.15) is 0 Å². The molecule has 0 aliphatic carbocycles. The number of carbonyl (C=O) groups excluding carboxylic acids is 1. The van der Waals surface area contributed by atoms with Crippen LogP contribution < -0.4 is 5.73 Å². The second kappa shape index (κ2) is 5.70. The van der Waals surface area contributed by atoms with Gasteiger partial charge < -0.3 is 15.1 Å². The number of nitrogen functional groups attached to an aromatic ring is 1. The molecule has 1 unspecified atom stereocenters. The first-order valence-corrected chi connectivity index (χ1v) is 7.78. The maximum absolute atomic E-state index is 14.0. The standard InChI is InChI=1S/C18H15FN4O2/c1-23-12(9-10-5-2-3-6-11(10)19)15-14(17(23)24)16(22-18(20)21-15)13-7-4-8-25-13/h2-8,12H,9H2,1H3,(H2,20,21,22). The van der Waals surface area contributed by atoms with Gasteiger partial charge in [-0.25, -0.2) is 14.4 Å². The number of likely N-dealkylation sites (N-methyl/N-ethyl adjacent to an activating group) is 1. The fourth-order valence-corrected chi connectivity index (χ4v) is 3.15. The molecule has 2 N–H and O–H groups in total. The molecule has 0 saturated heterocycles. The number of hydrogen-bond acceptors (Lipinski definition) is 5. The minimum absolute atomic E-state index is 0.0479. The van der Waals surface area contributed by atoms with E-state index in [0.717, 1.165) is 0 Å². The lowest BCUT2D eigenvalue weighted by atomic mass is 10.0. The van der Waals surface area contributed by atoms with Gasteiger partial charge in [-0.3, -0.25) is 4.79 Å². The molecule has 0 saturated carbocycles. The number of halogens is 1. The highest BCUT2D eigenvalue weighted by atomic mass is 19.1. The average Bonchev–Trinajstić information content (AvgIpc) is 3.20. The van der Waals surface area contributed by atoms with E-state index in [2.05, 4.69) is 9.97 Å². The van der Waals surface area contributed by atoms with Gasteiger partial charge >= 0.3 is 0 Å². The molecule has 0 bridgehead atoms. The highest BCUT2D eigenvalue weighted by Crippen LogP contribution is 2.38. The van der Waals surface area contributed by atoms with Crippen LogP contribution in [-0.2, 0) is 6.42 Å². The SMILES string of the molecule is CN1C(=O)c2c(-c3ccco3)nc(N)nc2C1Cc1ccccc1F. The van der Waals surface area contributed by atoms with E-state index in [0.29, 0.717) is 34.7 Å². The van der Waals surface area contributed by atoms with Crippen molar-refractivity contribution in [2.24, 2.45) is 0 Å². The molecule has 1 atom stereocenters. The first-order chi connectivity index (χ1) is 12.1. The van der Waals surface area contributed by atoms with Crippen molar-refractivity contribution in [3.63, 3.8) is 0 Å². The zero-order chi connectivity index (χ0) is 17.6. The molecule has 1 aromatic carbocycles. The van der Waals surface area contributed by atoms with Crippen molar-refractivity contribution in [1.29, 1.82) is 0 Å². The number of benzene rings is 1. The van der Waals surface area contributed by atoms with Crippen molar-refractivity contribution < 1.29 is 13.6 Å². The second-order valence-corrected chi connectivity index (χ2v) is 5.90. The Hall–Kier alpha value is -3.22. The maximum atomic E-state index is 14.0. The molecule has 0 radical (unpaired) electrons. The highest BCUT2D eigenvalue weighted by molar-refractivity contribution is 6.03. The van der Waals surface area contributed by atoms with E-state index in [1.165, 1.54) is 17.2 Å². The van der Waals surface area contributed by atoms with E-state index in [1.807, 2.05) is 0 Å². The minimum Gasteiger partial charge on any atom is -0.463 e. The Labute approximate surface area is 143 Å². The van der Waals surface area contributed by atoms with Crippen molar-refractivity contribution in [2.75, 3.05) is 12.8 Å². The van der Waals surface area contributed by atoms with E-state index in [9.17, 15) is 9.18 Å². The molecule has 3 heterocycles. The first kappa shape index (κ1) is 15.3. The van der Waals surface area contributed by atoms with Crippen LogP contribution in [0.5, 0.6) is 0 Å². The number of nitrogens with zero attached hydrogens (tertiary/aromatic N) is 3. The maximum Gasteiger partial charge on any atom is 0.258 e. The summed E-state index contributed by atoms with van der Waals surface area (Å²) in [6.07, 6.45) is 1.80. The number of nitrogens with two attached hydrogens (primary N) is 1. The third-order valence-corrected chi connectivity index (χ3v) is 4.40. The lowest BCUT2D eigenvalue weighted by molar-refractivity contribution is 0.0772. The van der Waals surface area contributed by atoms with Crippen molar-refractivity contribution in [2.45, 2.75) is 12.5 Å². The van der Waals surface area contributed by atoms with Crippen LogP contribution in [0.4, 0.5) is 10.3 Å². The fraction of sp³-hybridized carbons (Fsp3) is 0.167. The minimum atomic E-state index is -0.418. The predicted octanol–water partition coefficient (Wildman–Crippen LogP) is 2.83. The smallest absolute Gasteiger partial charge is 0.258 e. The molecule has 1 aliphatic heterocycles. The Bertz CT molecular complexity index is 956. The predicted molar refractivity (Wildman–Crippen MR) is 89.1 cm³/mol. The van der Waals surface area contributed by atoms with Crippen molar-refractivity contribution in [3.8, 4) is 11.5 Å². The Morgan fingerprint density at radius 3 is 2.76 bits per heavy atom. The van der Waals surface area contributed by atoms with Crippen molar-refractivity contribution in [3.05, 3.63) is 65.3 Å². The van der Waals surface area contributed by atoms with Gasteiger partial charge in [-0.1, -0.05) is 18.2 Å². The van der Waals surface area contributed by atoms with Gasteiger partial charge in [0.05, 0.1) is 23.6 Å². The Morgan fingerprint density at radius 1 is 1.24 bits per heavy atom. The van der Waals surface area contributed by atoms with Crippen LogP contribution in [0.1, 0.15) is 27.7 Å². The van der Waals surface area contributed by atoms with Gasteiger partial charge in [-0.05, 0) is 23.8 Å². The average molecular weight is 338 g/mol. The summed E-state index contributed by atoms with van der Waals surface area (Å²) in [5, 5.41) is 0. The van der Waals surface area contributed by atoms with Gasteiger partial charge in [0.25, 0.3) is 5.91 Å². The van der Waals surface area contributed by atoms with E-state index in [1.54, 1.807) is 37.4 Å². The zero-order valence-corrected chi connectivity index (χ0v) is 13.4. The van der Waals surface area contributed by atoms with Crippen LogP contribution in [0, 0.1) is 5.82 Å². The number of fused-ring (bicyclic) bond motifs is 1. The van der Waals surface area contributed by atoms with E-state index < -0.39 is 6.04 Å². The summed E-state index contributed by atoms with van der Waals surface area (Å²) in [6, 6.07) is 9.49. The van der Waals surface area contributed by atoms with E-state index in [4.69, 9.17) is 10.2 Å². The molecule has 3 aromatic rings. The lowest BCUT2D eigenvalue weighted by Crippen LogP contribution is -2.25. The molecule has 7 heteroatoms. The van der Waals surface area contributed by atoms with Gasteiger partial charge in [-0.15, -0.1) is 0 Å². The quantitative estimate of drug-likeness (QED) is 0.794. The molecule has 126 valence electrons. The first-order valence-electron chi connectivity index (χ1n) is 7.78. The number of aromatic nitrogens is 2. The summed E-state index contributed by atoms with van der Waals surface area (Å²) in [4.78, 5) is 22.8. The van der Waals surface area contributed by atoms with Crippen molar-refractivity contribution >= 4 is 11.9 Å². The van der Waals surface area contributed by atoms with E-state index in [-0.39, 0.29) is 17.7 Å². The molecular weight excluding hydrogens is 323 g/mol. The van der Waals surface area contributed by atoms with Crippen molar-refractivity contribution in [1.82, 2.24) is 14.9 Å². The largest absolute Gasteiger partial charge is 0.463 e. The molecule has 1 aliphatic rings. The zero-order valence-electron chi connectivity index (χ0n) is 13.4. The Kier molecular flexibility index (Phi) is 3.49. The third-order valence-electron chi connectivity index (χ3n) is 4.40. The van der Waals surface area contributed by atoms with Crippen LogP contribution in [0.2, 0.25) is 0 Å². The number of furan rings is 1.